The molecule has 0 fully saturated rings. The van der Waals surface area contributed by atoms with E-state index in [0.717, 1.165) is 16.5 Å². The highest BCUT2D eigenvalue weighted by Crippen LogP contribution is 2.45. The first-order valence-corrected chi connectivity index (χ1v) is 27.2. The zero-order chi connectivity index (χ0) is 51.9. The summed E-state index contributed by atoms with van der Waals surface area (Å²) in [6.45, 7) is 41.9. The van der Waals surface area contributed by atoms with E-state index in [1.54, 1.807) is 0 Å². The third-order valence-electron chi connectivity index (χ3n) is 17.9. The lowest BCUT2D eigenvalue weighted by molar-refractivity contribution is 0.590. The summed E-state index contributed by atoms with van der Waals surface area (Å²) in [6.07, 6.45) is 0. The van der Waals surface area contributed by atoms with E-state index in [1.165, 1.54) is 127 Å². The maximum absolute atomic E-state index is 12.6. The van der Waals surface area contributed by atoms with Crippen LogP contribution >= 0.6 is 0 Å². The molecule has 0 saturated carbocycles. The molecule has 6 heterocycles. The van der Waals surface area contributed by atoms with Crippen molar-refractivity contribution in [3.63, 3.8) is 0 Å². The van der Waals surface area contributed by atoms with Crippen molar-refractivity contribution in [2.45, 2.75) is 157 Å². The Morgan fingerprint density at radius 1 is 0.329 bits per heavy atom. The van der Waals surface area contributed by atoms with Crippen molar-refractivity contribution in [3.8, 4) is 17.4 Å². The normalized spacial score (nSPS) is 14.9. The minimum absolute atomic E-state index is 0.00703. The molecule has 73 heavy (non-hydrogen) atoms. The number of fused-ring (bicyclic) bond motifs is 4. The molecule has 0 atom stereocenters. The molecule has 4 aliphatic rings. The third kappa shape index (κ3) is 6.21. The fourth-order valence-electron chi connectivity index (χ4n) is 13.8. The van der Waals surface area contributed by atoms with Crippen LogP contribution < -0.4 is 49.2 Å². The zero-order valence-corrected chi connectivity index (χ0v) is 46.8. The average Bonchev–Trinajstić information content (AvgIpc) is 3.82. The summed E-state index contributed by atoms with van der Waals surface area (Å²) < 4.78 is 5.39. The van der Waals surface area contributed by atoms with Crippen molar-refractivity contribution in [1.82, 2.24) is 9.13 Å². The van der Waals surface area contributed by atoms with Crippen molar-refractivity contribution in [2.75, 3.05) is 0 Å². The lowest BCUT2D eigenvalue weighted by Gasteiger charge is -2.43. The maximum Gasteiger partial charge on any atom is 0.252 e. The number of benzene rings is 7. The van der Waals surface area contributed by atoms with Crippen molar-refractivity contribution in [3.05, 3.63) is 136 Å². The second kappa shape index (κ2) is 14.1. The highest BCUT2D eigenvalue weighted by Gasteiger charge is 2.52. The smallest absolute Gasteiger partial charge is 0.252 e. The number of aromatic nitrogens is 2. The van der Waals surface area contributed by atoms with Gasteiger partial charge in [0.1, 0.15) is 0 Å². The number of rotatable bonds is 2. The van der Waals surface area contributed by atoms with E-state index in [9.17, 15) is 5.26 Å². The predicted octanol–water partition coefficient (Wildman–Crippen LogP) is 10.3. The average molecular weight is 950 g/mol. The van der Waals surface area contributed by atoms with E-state index >= 15 is 0 Å². The first kappa shape index (κ1) is 46.6. The molecule has 4 aliphatic heterocycles. The van der Waals surface area contributed by atoms with Crippen molar-refractivity contribution >= 4 is 113 Å². The monoisotopic (exact) mass is 950 g/mol. The van der Waals surface area contributed by atoms with Crippen LogP contribution in [-0.2, 0) is 32.5 Å². The van der Waals surface area contributed by atoms with Crippen molar-refractivity contribution < 1.29 is 0 Å². The fraction of sp³-hybridized carbons (Fsp3) is 0.358. The van der Waals surface area contributed by atoms with E-state index < -0.39 is 0 Å². The Morgan fingerprint density at radius 2 is 0.589 bits per heavy atom. The molecule has 362 valence electrons. The Bertz CT molecular complexity index is 3760. The molecule has 0 unspecified atom stereocenters. The zero-order valence-electron chi connectivity index (χ0n) is 46.8. The van der Waals surface area contributed by atoms with Crippen LogP contribution in [0.1, 0.15) is 164 Å². The summed E-state index contributed by atoms with van der Waals surface area (Å²) in [4.78, 5) is 0. The SMILES string of the molecule is CC(C)(C)c1ccc(B2c3c(C#N)c4c5c6c3-n3c7c2cc(C(C)(C)C)cc7c2cc(C(C)(C)C)cc(c23)B6c2cc(C(C)(C)C)cc3c6cc(C(C)(C)C)cc(c6n-5c23)B4c2ccc(C(C)(C)C)cc2)cc1. The number of nitrogens with zero attached hydrogens (tertiary/aromatic N) is 3. The van der Waals surface area contributed by atoms with Gasteiger partial charge in [0, 0.05) is 60.5 Å². The van der Waals surface area contributed by atoms with E-state index in [4.69, 9.17) is 0 Å². The van der Waals surface area contributed by atoms with E-state index in [0.29, 0.717) is 0 Å². The Kier molecular flexibility index (Phi) is 9.03. The van der Waals surface area contributed by atoms with Crippen LogP contribution in [0.2, 0.25) is 0 Å². The van der Waals surface area contributed by atoms with Gasteiger partial charge in [-0.1, -0.05) is 208 Å². The molecule has 0 spiro atoms. The van der Waals surface area contributed by atoms with Crippen LogP contribution in [0.25, 0.3) is 55.0 Å². The van der Waals surface area contributed by atoms with Gasteiger partial charge in [0.15, 0.2) is 0 Å². The molecule has 7 aromatic carbocycles. The molecule has 0 saturated heterocycles. The molecule has 0 bridgehead atoms. The molecule has 0 radical (unpaired) electrons. The standard InChI is InChI=1S/C67H70B3N3/c1-62(2,3)36-19-23-42(24-20-36)68-49-31-38(64(7,8)9)27-44-46-29-40(66(13,14)15)33-51-58(46)72(56(44)49)60-53(68)48(35-71)54-61-55(60)70(51)52-34-41(67(16,17)18)30-47-45-28-39(65(10,11)12)32-50(57(45)73(61)59(47)52)69(54)43-25-21-37(22-26-43)63(4,5)6/h19-34H,1-18H3. The Labute approximate surface area is 435 Å². The molecule has 6 heteroatoms. The quantitative estimate of drug-likeness (QED) is 0.159. The first-order chi connectivity index (χ1) is 34.0. The number of nitriles is 1. The summed E-state index contributed by atoms with van der Waals surface area (Å²) in [5, 5.41) is 17.8. The number of hydrogen-bond donors (Lipinski definition) is 0. The van der Waals surface area contributed by atoms with Crippen molar-refractivity contribution in [1.29, 1.82) is 5.26 Å². The Hall–Kier alpha value is -6.18. The minimum Gasteiger partial charge on any atom is -0.311 e. The number of hydrogen-bond acceptors (Lipinski definition) is 1. The van der Waals surface area contributed by atoms with Gasteiger partial charge in [0.2, 0.25) is 13.4 Å². The van der Waals surface area contributed by atoms with Crippen LogP contribution in [0.3, 0.4) is 0 Å². The fourth-order valence-corrected chi connectivity index (χ4v) is 13.8. The molecule has 0 aliphatic carbocycles. The maximum atomic E-state index is 12.6. The Balaban J connectivity index is 1.32. The van der Waals surface area contributed by atoms with Gasteiger partial charge in [-0.3, -0.25) is 0 Å². The Morgan fingerprint density at radius 3 is 0.836 bits per heavy atom. The lowest BCUT2D eigenvalue weighted by Crippen LogP contribution is -2.70. The highest BCUT2D eigenvalue weighted by atomic mass is 15.0. The van der Waals surface area contributed by atoms with Crippen LogP contribution in [-0.4, -0.2) is 29.3 Å². The molecular weight excluding hydrogens is 879 g/mol. The summed E-state index contributed by atoms with van der Waals surface area (Å²) >= 11 is 0. The van der Waals surface area contributed by atoms with Gasteiger partial charge in [-0.15, -0.1) is 0 Å². The summed E-state index contributed by atoms with van der Waals surface area (Å²) in [7, 11) is 0. The molecule has 13 rings (SSSR count). The first-order valence-electron chi connectivity index (χ1n) is 27.2. The van der Waals surface area contributed by atoms with E-state index in [-0.39, 0.29) is 52.6 Å². The van der Waals surface area contributed by atoms with Gasteiger partial charge in [0.25, 0.3) is 6.71 Å². The third-order valence-corrected chi connectivity index (χ3v) is 17.9. The second-order valence-electron chi connectivity index (χ2n) is 29.0. The summed E-state index contributed by atoms with van der Waals surface area (Å²) in [5.74, 6) is 0. The van der Waals surface area contributed by atoms with Crippen LogP contribution in [0, 0.1) is 11.3 Å². The molecule has 0 amide bonds. The van der Waals surface area contributed by atoms with Crippen LogP contribution in [0.5, 0.6) is 0 Å². The second-order valence-corrected chi connectivity index (χ2v) is 29.0. The molecule has 9 aromatic rings. The summed E-state index contributed by atoms with van der Waals surface area (Å²) in [6, 6.07) is 42.6. The molecule has 3 nitrogen and oxygen atoms in total. The van der Waals surface area contributed by atoms with E-state index in [2.05, 4.69) is 237 Å². The van der Waals surface area contributed by atoms with Gasteiger partial charge < -0.3 is 9.13 Å². The summed E-state index contributed by atoms with van der Waals surface area (Å²) in [5.41, 5.74) is 27.6. The molecular formula is C67H70B3N3. The molecule has 2 aromatic heterocycles. The van der Waals surface area contributed by atoms with Gasteiger partial charge in [-0.05, 0) is 128 Å². The van der Waals surface area contributed by atoms with Gasteiger partial charge >= 0.3 is 0 Å². The van der Waals surface area contributed by atoms with Gasteiger partial charge in [-0.2, -0.15) is 5.26 Å². The van der Waals surface area contributed by atoms with Gasteiger partial charge in [-0.25, -0.2) is 0 Å². The predicted molar refractivity (Wildman–Crippen MR) is 319 cm³/mol. The molecule has 0 N–H and O–H groups in total. The van der Waals surface area contributed by atoms with E-state index in [1.807, 2.05) is 0 Å². The topological polar surface area (TPSA) is 33.6 Å². The van der Waals surface area contributed by atoms with Crippen LogP contribution in [0.15, 0.2) is 97.1 Å². The van der Waals surface area contributed by atoms with Crippen LogP contribution in [0.4, 0.5) is 0 Å². The van der Waals surface area contributed by atoms with Crippen molar-refractivity contribution in [2.24, 2.45) is 0 Å². The van der Waals surface area contributed by atoms with Gasteiger partial charge in [0.05, 0.1) is 6.07 Å². The largest absolute Gasteiger partial charge is 0.311 e. The lowest BCUT2D eigenvalue weighted by atomic mass is 9.26. The minimum atomic E-state index is -0.190. The highest BCUT2D eigenvalue weighted by molar-refractivity contribution is 7.06.